The summed E-state index contributed by atoms with van der Waals surface area (Å²) in [6.45, 7) is 0. The second-order valence-corrected chi connectivity index (χ2v) is 6.07. The van der Waals surface area contributed by atoms with Crippen LogP contribution < -0.4 is 5.32 Å². The van der Waals surface area contributed by atoms with Crippen LogP contribution in [0.4, 0.5) is 10.1 Å². The van der Waals surface area contributed by atoms with Crippen LogP contribution >= 0.6 is 0 Å². The maximum absolute atomic E-state index is 13.3. The summed E-state index contributed by atoms with van der Waals surface area (Å²) in [5, 5.41) is 6.90. The second kappa shape index (κ2) is 6.44. The molecule has 0 spiro atoms. The minimum Gasteiger partial charge on any atom is -0.338 e. The van der Waals surface area contributed by atoms with Gasteiger partial charge in [-0.1, -0.05) is 0 Å². The number of benzene rings is 2. The van der Waals surface area contributed by atoms with Gasteiger partial charge in [0.05, 0.1) is 23.7 Å². The number of nitrogens with zero attached hydrogens (tertiary/aromatic N) is 3. The summed E-state index contributed by atoms with van der Waals surface area (Å²) in [6, 6.07) is 11.8. The largest absolute Gasteiger partial charge is 0.338 e. The SMILES string of the molecule is Cn1cc(CC(=O)Nc2ccc(-c3nc4ccc(F)cc4[nH]3)cc2)cn1. The summed E-state index contributed by atoms with van der Waals surface area (Å²) < 4.78 is 15.0. The summed E-state index contributed by atoms with van der Waals surface area (Å²) in [4.78, 5) is 19.6. The molecule has 0 fully saturated rings. The van der Waals surface area contributed by atoms with Crippen LogP contribution in [-0.4, -0.2) is 25.7 Å². The van der Waals surface area contributed by atoms with Crippen molar-refractivity contribution in [3.05, 3.63) is 66.2 Å². The molecular weight excluding hydrogens is 333 g/mol. The van der Waals surface area contributed by atoms with Gasteiger partial charge in [0.15, 0.2) is 0 Å². The summed E-state index contributed by atoms with van der Waals surface area (Å²) in [7, 11) is 1.81. The number of imidazole rings is 1. The molecule has 0 aliphatic carbocycles. The number of aryl methyl sites for hydroxylation is 1. The molecule has 1 amide bonds. The summed E-state index contributed by atoms with van der Waals surface area (Å²) in [5.74, 6) is 0.239. The maximum Gasteiger partial charge on any atom is 0.228 e. The number of carbonyl (C=O) groups excluding carboxylic acids is 1. The fourth-order valence-electron chi connectivity index (χ4n) is 2.78. The molecule has 6 nitrogen and oxygen atoms in total. The Morgan fingerprint density at radius 1 is 1.23 bits per heavy atom. The number of hydrogen-bond donors (Lipinski definition) is 2. The van der Waals surface area contributed by atoms with Crippen LogP contribution in [0.1, 0.15) is 5.56 Å². The Kier molecular flexibility index (Phi) is 3.96. The molecule has 0 saturated heterocycles. The Balaban J connectivity index is 1.48. The smallest absolute Gasteiger partial charge is 0.228 e. The van der Waals surface area contributed by atoms with E-state index >= 15 is 0 Å². The molecule has 7 heteroatoms. The Morgan fingerprint density at radius 2 is 2.04 bits per heavy atom. The molecule has 2 aromatic carbocycles. The fourth-order valence-corrected chi connectivity index (χ4v) is 2.78. The Morgan fingerprint density at radius 3 is 2.77 bits per heavy atom. The first-order chi connectivity index (χ1) is 12.6. The Labute approximate surface area is 148 Å². The van der Waals surface area contributed by atoms with Crippen LogP contribution in [0.5, 0.6) is 0 Å². The van der Waals surface area contributed by atoms with E-state index in [1.165, 1.54) is 12.1 Å². The predicted molar refractivity (Wildman–Crippen MR) is 97.0 cm³/mol. The summed E-state index contributed by atoms with van der Waals surface area (Å²) in [6.07, 6.45) is 3.75. The van der Waals surface area contributed by atoms with Crippen LogP contribution in [0.15, 0.2) is 54.9 Å². The number of H-pyrrole nitrogens is 1. The molecule has 4 aromatic rings. The van der Waals surface area contributed by atoms with Crippen molar-refractivity contribution in [1.29, 1.82) is 0 Å². The molecule has 0 saturated carbocycles. The van der Waals surface area contributed by atoms with Crippen LogP contribution in [0.2, 0.25) is 0 Å². The number of amides is 1. The molecule has 2 heterocycles. The molecule has 4 rings (SSSR count). The second-order valence-electron chi connectivity index (χ2n) is 6.07. The summed E-state index contributed by atoms with van der Waals surface area (Å²) in [5.41, 5.74) is 3.76. The van der Waals surface area contributed by atoms with Crippen LogP contribution in [-0.2, 0) is 18.3 Å². The Bertz CT molecular complexity index is 1080. The van der Waals surface area contributed by atoms with Crippen molar-refractivity contribution < 1.29 is 9.18 Å². The lowest BCUT2D eigenvalue weighted by molar-refractivity contribution is -0.115. The van der Waals surface area contributed by atoms with Crippen molar-refractivity contribution in [3.8, 4) is 11.4 Å². The van der Waals surface area contributed by atoms with Gasteiger partial charge in [0.1, 0.15) is 11.6 Å². The van der Waals surface area contributed by atoms with E-state index in [-0.39, 0.29) is 18.1 Å². The van der Waals surface area contributed by atoms with E-state index in [9.17, 15) is 9.18 Å². The third-order valence-electron chi connectivity index (χ3n) is 4.01. The zero-order valence-electron chi connectivity index (χ0n) is 14.0. The van der Waals surface area contributed by atoms with Gasteiger partial charge in [0.25, 0.3) is 0 Å². The predicted octanol–water partition coefficient (Wildman–Crippen LogP) is 3.28. The number of anilines is 1. The summed E-state index contributed by atoms with van der Waals surface area (Å²) >= 11 is 0. The quantitative estimate of drug-likeness (QED) is 0.594. The molecule has 0 atom stereocenters. The zero-order chi connectivity index (χ0) is 18.1. The van der Waals surface area contributed by atoms with Crippen molar-refractivity contribution in [2.75, 3.05) is 5.32 Å². The molecule has 0 radical (unpaired) electrons. The highest BCUT2D eigenvalue weighted by Gasteiger charge is 2.08. The normalized spacial score (nSPS) is 11.0. The minimum atomic E-state index is -0.306. The lowest BCUT2D eigenvalue weighted by atomic mass is 10.2. The number of carbonyl (C=O) groups is 1. The van der Waals surface area contributed by atoms with Gasteiger partial charge in [-0.15, -0.1) is 0 Å². The van der Waals surface area contributed by atoms with E-state index < -0.39 is 0 Å². The van der Waals surface area contributed by atoms with Crippen LogP contribution in [0.3, 0.4) is 0 Å². The van der Waals surface area contributed by atoms with Gasteiger partial charge in [0.2, 0.25) is 5.91 Å². The molecule has 0 aliphatic heterocycles. The van der Waals surface area contributed by atoms with Gasteiger partial charge in [-0.3, -0.25) is 9.48 Å². The van der Waals surface area contributed by atoms with Crippen molar-refractivity contribution in [2.45, 2.75) is 6.42 Å². The minimum absolute atomic E-state index is 0.107. The topological polar surface area (TPSA) is 75.6 Å². The number of aromatic amines is 1. The van der Waals surface area contributed by atoms with E-state index in [1.54, 1.807) is 16.9 Å². The first-order valence-electron chi connectivity index (χ1n) is 8.10. The van der Waals surface area contributed by atoms with E-state index in [4.69, 9.17) is 0 Å². The Hall–Kier alpha value is -3.48. The van der Waals surface area contributed by atoms with Gasteiger partial charge in [0, 0.05) is 24.5 Å². The average Bonchev–Trinajstić information content (AvgIpc) is 3.21. The number of fused-ring (bicyclic) bond motifs is 1. The number of halogens is 1. The molecule has 130 valence electrons. The van der Waals surface area contributed by atoms with Gasteiger partial charge in [-0.2, -0.15) is 5.10 Å². The fraction of sp³-hybridized carbons (Fsp3) is 0.105. The monoisotopic (exact) mass is 349 g/mol. The van der Waals surface area contributed by atoms with Crippen molar-refractivity contribution in [1.82, 2.24) is 19.7 Å². The standard InChI is InChI=1S/C19H16FN5O/c1-25-11-12(10-21-25)8-18(26)22-15-5-2-13(3-6-15)19-23-16-7-4-14(20)9-17(16)24-19/h2-7,9-11H,8H2,1H3,(H,22,26)(H,23,24). The molecule has 26 heavy (non-hydrogen) atoms. The zero-order valence-corrected chi connectivity index (χ0v) is 14.0. The van der Waals surface area contributed by atoms with Crippen LogP contribution in [0, 0.1) is 5.82 Å². The number of rotatable bonds is 4. The van der Waals surface area contributed by atoms with E-state index in [0.29, 0.717) is 22.5 Å². The van der Waals surface area contributed by atoms with E-state index in [2.05, 4.69) is 20.4 Å². The highest BCUT2D eigenvalue weighted by atomic mass is 19.1. The number of nitrogens with one attached hydrogen (secondary N) is 2. The third-order valence-corrected chi connectivity index (χ3v) is 4.01. The molecule has 0 aliphatic rings. The van der Waals surface area contributed by atoms with Crippen molar-refractivity contribution in [3.63, 3.8) is 0 Å². The van der Waals surface area contributed by atoms with E-state index in [0.717, 1.165) is 11.1 Å². The third kappa shape index (κ3) is 3.32. The van der Waals surface area contributed by atoms with Gasteiger partial charge in [-0.05, 0) is 48.0 Å². The molecule has 2 aromatic heterocycles. The molecule has 2 N–H and O–H groups in total. The molecule has 0 bridgehead atoms. The molecular formula is C19H16FN5O. The van der Waals surface area contributed by atoms with Gasteiger partial charge in [-0.25, -0.2) is 9.37 Å². The number of hydrogen-bond acceptors (Lipinski definition) is 3. The lowest BCUT2D eigenvalue weighted by Gasteiger charge is -2.05. The number of aromatic nitrogens is 4. The maximum atomic E-state index is 13.3. The first-order valence-corrected chi connectivity index (χ1v) is 8.10. The van der Waals surface area contributed by atoms with Crippen LogP contribution in [0.25, 0.3) is 22.4 Å². The average molecular weight is 349 g/mol. The highest BCUT2D eigenvalue weighted by Crippen LogP contribution is 2.22. The lowest BCUT2D eigenvalue weighted by Crippen LogP contribution is -2.13. The first kappa shape index (κ1) is 16.0. The van der Waals surface area contributed by atoms with Gasteiger partial charge >= 0.3 is 0 Å². The molecule has 0 unspecified atom stereocenters. The van der Waals surface area contributed by atoms with Crippen molar-refractivity contribution >= 4 is 22.6 Å². The van der Waals surface area contributed by atoms with Gasteiger partial charge < -0.3 is 10.3 Å². The highest BCUT2D eigenvalue weighted by molar-refractivity contribution is 5.92. The van der Waals surface area contributed by atoms with E-state index in [1.807, 2.05) is 37.5 Å². The van der Waals surface area contributed by atoms with Crippen molar-refractivity contribution in [2.24, 2.45) is 7.05 Å².